The molecule has 0 unspecified atom stereocenters. The standard InChI is InChI=1S/C12H18N4S/c1-8-10(3)17-12(14-8)6-13-5-11-7-16(4)15-9(11)2/h7,13H,5-6H2,1-4H3. The van der Waals surface area contributed by atoms with Crippen LogP contribution >= 0.6 is 11.3 Å². The summed E-state index contributed by atoms with van der Waals surface area (Å²) < 4.78 is 1.85. The number of hydrogen-bond donors (Lipinski definition) is 1. The first-order valence-electron chi connectivity index (χ1n) is 5.69. The summed E-state index contributed by atoms with van der Waals surface area (Å²) in [5, 5.41) is 8.88. The zero-order valence-electron chi connectivity index (χ0n) is 10.7. The predicted octanol–water partition coefficient (Wildman–Crippen LogP) is 2.09. The van der Waals surface area contributed by atoms with E-state index < -0.39 is 0 Å². The molecule has 0 aliphatic carbocycles. The summed E-state index contributed by atoms with van der Waals surface area (Å²) >= 11 is 1.76. The minimum atomic E-state index is 0.827. The van der Waals surface area contributed by atoms with Gasteiger partial charge in [0, 0.05) is 36.8 Å². The number of rotatable bonds is 4. The molecule has 0 atom stereocenters. The van der Waals surface area contributed by atoms with Crippen LogP contribution in [0.4, 0.5) is 0 Å². The maximum atomic E-state index is 4.50. The summed E-state index contributed by atoms with van der Waals surface area (Å²) in [6.45, 7) is 7.88. The second-order valence-electron chi connectivity index (χ2n) is 4.27. The lowest BCUT2D eigenvalue weighted by Gasteiger charge is -2.00. The number of nitrogens with one attached hydrogen (secondary N) is 1. The molecule has 5 heteroatoms. The first kappa shape index (κ1) is 12.3. The Hall–Kier alpha value is -1.20. The van der Waals surface area contributed by atoms with Gasteiger partial charge in [-0.2, -0.15) is 5.10 Å². The van der Waals surface area contributed by atoms with Crippen LogP contribution in [-0.2, 0) is 20.1 Å². The Kier molecular flexibility index (Phi) is 3.59. The van der Waals surface area contributed by atoms with E-state index in [1.807, 2.05) is 18.7 Å². The molecule has 0 bridgehead atoms. The zero-order chi connectivity index (χ0) is 12.4. The summed E-state index contributed by atoms with van der Waals surface area (Å²) in [7, 11) is 1.95. The van der Waals surface area contributed by atoms with Crippen molar-refractivity contribution in [2.75, 3.05) is 0 Å². The van der Waals surface area contributed by atoms with Gasteiger partial charge in [0.2, 0.25) is 0 Å². The van der Waals surface area contributed by atoms with Crippen LogP contribution in [0.5, 0.6) is 0 Å². The van der Waals surface area contributed by atoms with Gasteiger partial charge in [-0.25, -0.2) is 4.98 Å². The largest absolute Gasteiger partial charge is 0.306 e. The van der Waals surface area contributed by atoms with Crippen molar-refractivity contribution in [3.05, 3.63) is 33.0 Å². The summed E-state index contributed by atoms with van der Waals surface area (Å²) in [4.78, 5) is 5.81. The van der Waals surface area contributed by atoms with E-state index in [1.54, 1.807) is 11.3 Å². The average molecular weight is 250 g/mol. The van der Waals surface area contributed by atoms with Gasteiger partial charge in [-0.1, -0.05) is 0 Å². The van der Waals surface area contributed by atoms with Crippen LogP contribution in [0.2, 0.25) is 0 Å². The molecule has 0 fully saturated rings. The van der Waals surface area contributed by atoms with Crippen LogP contribution in [0, 0.1) is 20.8 Å². The summed E-state index contributed by atoms with van der Waals surface area (Å²) in [6, 6.07) is 0. The third-order valence-corrected chi connectivity index (χ3v) is 3.85. The second kappa shape index (κ2) is 4.98. The highest BCUT2D eigenvalue weighted by Gasteiger charge is 2.05. The van der Waals surface area contributed by atoms with Crippen molar-refractivity contribution in [2.45, 2.75) is 33.9 Å². The lowest BCUT2D eigenvalue weighted by Crippen LogP contribution is -2.12. The molecule has 2 aromatic heterocycles. The van der Waals surface area contributed by atoms with E-state index in [0.717, 1.165) is 29.5 Å². The molecule has 1 N–H and O–H groups in total. The van der Waals surface area contributed by atoms with Crippen molar-refractivity contribution in [2.24, 2.45) is 7.05 Å². The van der Waals surface area contributed by atoms with Gasteiger partial charge in [-0.05, 0) is 20.8 Å². The molecule has 0 radical (unpaired) electrons. The van der Waals surface area contributed by atoms with E-state index in [0.29, 0.717) is 0 Å². The Morgan fingerprint density at radius 3 is 2.53 bits per heavy atom. The zero-order valence-corrected chi connectivity index (χ0v) is 11.6. The molecule has 0 aromatic carbocycles. The molecule has 2 rings (SSSR count). The SMILES string of the molecule is Cc1nn(C)cc1CNCc1nc(C)c(C)s1. The monoisotopic (exact) mass is 250 g/mol. The van der Waals surface area contributed by atoms with E-state index in [-0.39, 0.29) is 0 Å². The van der Waals surface area contributed by atoms with Gasteiger partial charge in [0.15, 0.2) is 0 Å². The van der Waals surface area contributed by atoms with Crippen LogP contribution in [0.25, 0.3) is 0 Å². The molecule has 0 saturated carbocycles. The van der Waals surface area contributed by atoms with Crippen molar-refractivity contribution in [3.8, 4) is 0 Å². The third kappa shape index (κ3) is 2.92. The summed E-state index contributed by atoms with van der Waals surface area (Å²) in [5.74, 6) is 0. The molecule has 0 spiro atoms. The normalized spacial score (nSPS) is 11.1. The molecule has 2 heterocycles. The molecule has 17 heavy (non-hydrogen) atoms. The highest BCUT2D eigenvalue weighted by Crippen LogP contribution is 2.16. The van der Waals surface area contributed by atoms with Crippen LogP contribution in [0.15, 0.2) is 6.20 Å². The van der Waals surface area contributed by atoms with E-state index in [9.17, 15) is 0 Å². The van der Waals surface area contributed by atoms with E-state index >= 15 is 0 Å². The summed E-state index contributed by atoms with van der Waals surface area (Å²) in [5.41, 5.74) is 3.48. The molecule has 92 valence electrons. The number of aryl methyl sites for hydroxylation is 4. The van der Waals surface area contributed by atoms with Crippen LogP contribution in [0.3, 0.4) is 0 Å². The predicted molar refractivity (Wildman–Crippen MR) is 70.1 cm³/mol. The fourth-order valence-electron chi connectivity index (χ4n) is 1.74. The van der Waals surface area contributed by atoms with Gasteiger partial charge in [-0.3, -0.25) is 4.68 Å². The van der Waals surface area contributed by atoms with Crippen LogP contribution < -0.4 is 5.32 Å². The molecule has 0 aliphatic rings. The van der Waals surface area contributed by atoms with Crippen molar-refractivity contribution >= 4 is 11.3 Å². The molecule has 4 nitrogen and oxygen atoms in total. The maximum absolute atomic E-state index is 4.50. The highest BCUT2D eigenvalue weighted by atomic mass is 32.1. The van der Waals surface area contributed by atoms with Crippen molar-refractivity contribution < 1.29 is 0 Å². The Balaban J connectivity index is 1.89. The van der Waals surface area contributed by atoms with Crippen molar-refractivity contribution in [3.63, 3.8) is 0 Å². The molecular weight excluding hydrogens is 232 g/mol. The maximum Gasteiger partial charge on any atom is 0.107 e. The number of aromatic nitrogens is 3. The smallest absolute Gasteiger partial charge is 0.107 e. The van der Waals surface area contributed by atoms with Crippen molar-refractivity contribution in [1.29, 1.82) is 0 Å². The van der Waals surface area contributed by atoms with Gasteiger partial charge in [0.05, 0.1) is 11.4 Å². The second-order valence-corrected chi connectivity index (χ2v) is 5.55. The minimum Gasteiger partial charge on any atom is -0.306 e. The van der Waals surface area contributed by atoms with Crippen LogP contribution in [-0.4, -0.2) is 14.8 Å². The topological polar surface area (TPSA) is 42.7 Å². The first-order valence-corrected chi connectivity index (χ1v) is 6.50. The van der Waals surface area contributed by atoms with Gasteiger partial charge in [0.25, 0.3) is 0 Å². The Morgan fingerprint density at radius 2 is 2.00 bits per heavy atom. The number of thiazole rings is 1. The Labute approximate surface area is 106 Å². The van der Waals surface area contributed by atoms with Gasteiger partial charge < -0.3 is 5.32 Å². The summed E-state index contributed by atoms with van der Waals surface area (Å²) in [6.07, 6.45) is 2.06. The molecule has 2 aromatic rings. The Morgan fingerprint density at radius 1 is 1.24 bits per heavy atom. The Bertz CT molecular complexity index is 493. The fourth-order valence-corrected chi connectivity index (χ4v) is 2.64. The molecule has 0 amide bonds. The quantitative estimate of drug-likeness (QED) is 0.903. The van der Waals surface area contributed by atoms with Gasteiger partial charge >= 0.3 is 0 Å². The molecule has 0 saturated heterocycles. The number of nitrogens with zero attached hydrogens (tertiary/aromatic N) is 3. The van der Waals surface area contributed by atoms with E-state index in [1.165, 1.54) is 10.4 Å². The lowest BCUT2D eigenvalue weighted by atomic mass is 10.2. The molecule has 0 aliphatic heterocycles. The fraction of sp³-hybridized carbons (Fsp3) is 0.500. The van der Waals surface area contributed by atoms with Crippen molar-refractivity contribution in [1.82, 2.24) is 20.1 Å². The van der Waals surface area contributed by atoms with E-state index in [4.69, 9.17) is 0 Å². The van der Waals surface area contributed by atoms with Gasteiger partial charge in [0.1, 0.15) is 5.01 Å². The lowest BCUT2D eigenvalue weighted by molar-refractivity contribution is 0.686. The first-order chi connectivity index (χ1) is 8.06. The highest BCUT2D eigenvalue weighted by molar-refractivity contribution is 7.11. The number of hydrogen-bond acceptors (Lipinski definition) is 4. The van der Waals surface area contributed by atoms with Gasteiger partial charge in [-0.15, -0.1) is 11.3 Å². The van der Waals surface area contributed by atoms with E-state index in [2.05, 4.69) is 35.4 Å². The molecular formula is C12H18N4S. The van der Waals surface area contributed by atoms with Crippen LogP contribution in [0.1, 0.15) is 26.8 Å². The minimum absolute atomic E-state index is 0.827. The third-order valence-electron chi connectivity index (χ3n) is 2.78. The average Bonchev–Trinajstić information content (AvgIpc) is 2.72.